The van der Waals surface area contributed by atoms with Gasteiger partial charge < -0.3 is 26.4 Å². The second-order valence-corrected chi connectivity index (χ2v) is 10.6. The summed E-state index contributed by atoms with van der Waals surface area (Å²) in [4.78, 5) is 40.0. The molecule has 4 amide bonds. The van der Waals surface area contributed by atoms with E-state index in [4.69, 9.17) is 17.3 Å². The normalized spacial score (nSPS) is 18.5. The van der Waals surface area contributed by atoms with Crippen LogP contribution >= 0.6 is 11.6 Å². The molecular weight excluding hydrogens is 558 g/mol. The van der Waals surface area contributed by atoms with Crippen LogP contribution in [0.4, 0.5) is 28.0 Å². The van der Waals surface area contributed by atoms with Gasteiger partial charge in [0.1, 0.15) is 5.82 Å². The molecule has 9 nitrogen and oxygen atoms in total. The molecule has 14 heteroatoms. The zero-order valence-corrected chi connectivity index (χ0v) is 22.0. The molecule has 1 unspecified atom stereocenters. The first-order valence-electron chi connectivity index (χ1n) is 12.5. The number of halogens is 5. The molecule has 0 bridgehead atoms. The van der Waals surface area contributed by atoms with Crippen molar-refractivity contribution in [3.05, 3.63) is 65.0 Å². The summed E-state index contributed by atoms with van der Waals surface area (Å²) in [5.41, 5.74) is 4.78. The number of alkyl halides is 4. The van der Waals surface area contributed by atoms with E-state index in [0.717, 1.165) is 18.2 Å². The van der Waals surface area contributed by atoms with Crippen molar-refractivity contribution in [3.63, 3.8) is 0 Å². The van der Waals surface area contributed by atoms with E-state index in [-0.39, 0.29) is 23.7 Å². The quantitative estimate of drug-likeness (QED) is 0.280. The Bertz CT molecular complexity index is 1280. The van der Waals surface area contributed by atoms with Crippen molar-refractivity contribution in [2.75, 3.05) is 38.0 Å². The van der Waals surface area contributed by atoms with E-state index in [1.54, 1.807) is 4.90 Å². The maximum atomic E-state index is 14.6. The number of nitrogens with one attached hydrogen (secondary N) is 2. The number of carbonyl (C=O) groups excluding carboxylic acids is 3. The van der Waals surface area contributed by atoms with Gasteiger partial charge in [-0.2, -0.15) is 13.2 Å². The average Bonchev–Trinajstić information content (AvgIpc) is 3.70. The van der Waals surface area contributed by atoms with Crippen LogP contribution in [0.15, 0.2) is 42.5 Å². The number of nitrogens with zero attached hydrogens (tertiary/aromatic N) is 2. The van der Waals surface area contributed by atoms with Crippen molar-refractivity contribution < 1.29 is 37.1 Å². The lowest BCUT2D eigenvalue weighted by Crippen LogP contribution is -2.48. The van der Waals surface area contributed by atoms with Gasteiger partial charge in [-0.3, -0.25) is 14.5 Å². The number of carbonyl (C=O) groups is 3. The summed E-state index contributed by atoms with van der Waals surface area (Å²) in [5, 5.41) is 11.0. The molecule has 2 aromatic rings. The van der Waals surface area contributed by atoms with Gasteiger partial charge in [-0.1, -0.05) is 35.9 Å². The van der Waals surface area contributed by atoms with Crippen LogP contribution in [0.3, 0.4) is 0 Å². The van der Waals surface area contributed by atoms with Crippen LogP contribution in [0.5, 0.6) is 0 Å². The summed E-state index contributed by atoms with van der Waals surface area (Å²) in [7, 11) is 0. The molecule has 0 spiro atoms. The molecule has 0 radical (unpaired) electrons. The predicted molar refractivity (Wildman–Crippen MR) is 138 cm³/mol. The minimum absolute atomic E-state index is 0.0540. The van der Waals surface area contributed by atoms with Crippen LogP contribution in [0.1, 0.15) is 34.3 Å². The molecule has 2 aromatic carbocycles. The topological polar surface area (TPSA) is 128 Å². The van der Waals surface area contributed by atoms with Crippen molar-refractivity contribution in [3.8, 4) is 0 Å². The zero-order chi connectivity index (χ0) is 29.3. The Hall–Kier alpha value is -3.42. The number of hydrogen-bond acceptors (Lipinski definition) is 5. The van der Waals surface area contributed by atoms with Gasteiger partial charge in [0.25, 0.3) is 11.0 Å². The molecule has 1 heterocycles. The smallest absolute Gasteiger partial charge is 0.369 e. The summed E-state index contributed by atoms with van der Waals surface area (Å²) >= 11 is 5.28. The van der Waals surface area contributed by atoms with Gasteiger partial charge in [0.05, 0.1) is 11.1 Å². The Labute approximate surface area is 232 Å². The molecule has 1 saturated heterocycles. The Morgan fingerprint density at radius 1 is 1.02 bits per heavy atom. The molecule has 216 valence electrons. The fourth-order valence-electron chi connectivity index (χ4n) is 4.37. The Morgan fingerprint density at radius 3 is 2.17 bits per heavy atom. The van der Waals surface area contributed by atoms with Crippen LogP contribution in [0.2, 0.25) is 0 Å². The Kier molecular flexibility index (Phi) is 8.29. The predicted octanol–water partition coefficient (Wildman–Crippen LogP) is 3.12. The zero-order valence-electron chi connectivity index (χ0n) is 21.2. The highest BCUT2D eigenvalue weighted by molar-refractivity contribution is 6.23. The van der Waals surface area contributed by atoms with Crippen molar-refractivity contribution in [2.24, 2.45) is 11.1 Å². The van der Waals surface area contributed by atoms with Gasteiger partial charge >= 0.3 is 12.2 Å². The van der Waals surface area contributed by atoms with Crippen LogP contribution in [-0.2, 0) is 16.4 Å². The highest BCUT2D eigenvalue weighted by Gasteiger charge is 2.54. The average molecular weight is 586 g/mol. The van der Waals surface area contributed by atoms with Gasteiger partial charge in [-0.05, 0) is 36.6 Å². The third kappa shape index (κ3) is 6.48. The number of nitrogens with two attached hydrogens (primary N) is 1. The van der Waals surface area contributed by atoms with Gasteiger partial charge in [-0.25, -0.2) is 9.18 Å². The first-order valence-corrected chi connectivity index (χ1v) is 12.8. The van der Waals surface area contributed by atoms with E-state index in [2.05, 4.69) is 10.6 Å². The number of primary amides is 1. The number of urea groups is 1. The van der Waals surface area contributed by atoms with Crippen LogP contribution in [0, 0.1) is 11.2 Å². The molecule has 4 rings (SSSR count). The summed E-state index contributed by atoms with van der Waals surface area (Å²) in [6.07, 6.45) is -3.86. The third-order valence-electron chi connectivity index (χ3n) is 7.21. The van der Waals surface area contributed by atoms with Crippen LogP contribution in [-0.4, -0.2) is 71.7 Å². The van der Waals surface area contributed by atoms with E-state index < -0.39 is 40.0 Å². The van der Waals surface area contributed by atoms with Crippen molar-refractivity contribution in [1.82, 2.24) is 15.1 Å². The number of hydrogen-bond donors (Lipinski definition) is 4. The summed E-state index contributed by atoms with van der Waals surface area (Å²) < 4.78 is 53.4. The lowest BCUT2D eigenvalue weighted by molar-refractivity contribution is -0.228. The number of benzene rings is 2. The maximum absolute atomic E-state index is 14.6. The number of amides is 4. The summed E-state index contributed by atoms with van der Waals surface area (Å²) in [6, 6.07) is 8.17. The fraction of sp³-hybridized carbons (Fsp3) is 0.423. The van der Waals surface area contributed by atoms with Crippen molar-refractivity contribution >= 4 is 35.1 Å². The molecule has 1 atom stereocenters. The second-order valence-electron chi connectivity index (χ2n) is 10.0. The third-order valence-corrected chi connectivity index (χ3v) is 7.64. The number of rotatable bonds is 8. The minimum atomic E-state index is -5.03. The van der Waals surface area contributed by atoms with Gasteiger partial charge in [0, 0.05) is 50.4 Å². The van der Waals surface area contributed by atoms with Crippen LogP contribution in [0.25, 0.3) is 0 Å². The van der Waals surface area contributed by atoms with Gasteiger partial charge in [0.2, 0.25) is 5.91 Å². The summed E-state index contributed by atoms with van der Waals surface area (Å²) in [5.74, 6) is -1.68. The molecule has 5 N–H and O–H groups in total. The maximum Gasteiger partial charge on any atom is 0.436 e. The molecule has 40 heavy (non-hydrogen) atoms. The van der Waals surface area contributed by atoms with E-state index in [9.17, 15) is 37.1 Å². The number of anilines is 1. The highest BCUT2D eigenvalue weighted by Crippen LogP contribution is 2.44. The number of piperazine rings is 1. The standard InChI is InChI=1S/C26H28ClF4N5O4/c27-25(40,26(29,30)31)18-4-1-16(2-5-18)14-35-9-11-36(12-10-35)21(37)17-3-6-20(19(28)13-17)34-23(39)33-15-24(7-8-24)22(32)38/h1-6,13,40H,7-12,14-15H2,(H2,32,38)(H2,33,34,39). The number of aliphatic hydroxyl groups is 1. The molecule has 0 aromatic heterocycles. The first kappa shape index (κ1) is 29.6. The van der Waals surface area contributed by atoms with E-state index >= 15 is 0 Å². The first-order chi connectivity index (χ1) is 18.7. The SMILES string of the molecule is NC(=O)C1(CNC(=O)Nc2ccc(C(=O)N3CCN(Cc4ccc(C(O)(Cl)C(F)(F)F)cc4)CC3)cc2F)CC1. The Morgan fingerprint density at radius 2 is 1.65 bits per heavy atom. The Balaban J connectivity index is 1.27. The van der Waals surface area contributed by atoms with Gasteiger partial charge in [-0.15, -0.1) is 0 Å². The lowest BCUT2D eigenvalue weighted by Gasteiger charge is -2.35. The molecule has 2 aliphatic rings. The molecule has 1 aliphatic heterocycles. The van der Waals surface area contributed by atoms with Gasteiger partial charge in [0.15, 0.2) is 0 Å². The second kappa shape index (κ2) is 11.2. The van der Waals surface area contributed by atoms with E-state index in [1.807, 2.05) is 4.90 Å². The minimum Gasteiger partial charge on any atom is -0.369 e. The largest absolute Gasteiger partial charge is 0.436 e. The van der Waals surface area contributed by atoms with Crippen LogP contribution < -0.4 is 16.4 Å². The lowest BCUT2D eigenvalue weighted by atomic mass is 10.1. The highest BCUT2D eigenvalue weighted by atomic mass is 35.5. The molecule has 1 saturated carbocycles. The van der Waals surface area contributed by atoms with E-state index in [0.29, 0.717) is 51.1 Å². The van der Waals surface area contributed by atoms with E-state index in [1.165, 1.54) is 24.3 Å². The van der Waals surface area contributed by atoms with Crippen molar-refractivity contribution in [2.45, 2.75) is 30.6 Å². The monoisotopic (exact) mass is 585 g/mol. The van der Waals surface area contributed by atoms with Crippen molar-refractivity contribution in [1.29, 1.82) is 0 Å². The molecule has 1 aliphatic carbocycles. The molecule has 2 fully saturated rings. The molecular formula is C26H28ClF4N5O4. The summed E-state index contributed by atoms with van der Waals surface area (Å²) in [6.45, 7) is 2.11. The fourth-order valence-corrected chi connectivity index (χ4v) is 4.50.